The van der Waals surface area contributed by atoms with Crippen molar-refractivity contribution in [2.45, 2.75) is 0 Å². The molecule has 90 valence electrons. The highest BCUT2D eigenvalue weighted by Gasteiger charge is 2.18. The van der Waals surface area contributed by atoms with Crippen molar-refractivity contribution < 1.29 is 0 Å². The predicted molar refractivity (Wildman–Crippen MR) is 70.3 cm³/mol. The topological polar surface area (TPSA) is 33.1 Å². The molecule has 0 spiro atoms. The van der Waals surface area contributed by atoms with Crippen LogP contribution in [0.1, 0.15) is 0 Å². The lowest BCUT2D eigenvalue weighted by atomic mass is 10.0. The monoisotopic (exact) mass is 230 g/mol. The van der Waals surface area contributed by atoms with E-state index in [1.54, 1.807) is 0 Å². The minimum atomic E-state index is 0.791. The summed E-state index contributed by atoms with van der Waals surface area (Å²) in [4.78, 5) is 6.72. The first-order chi connectivity index (χ1) is 8.24. The molecule has 1 aliphatic rings. The van der Waals surface area contributed by atoms with E-state index in [9.17, 15) is 0 Å². The van der Waals surface area contributed by atoms with Gasteiger partial charge in [-0.25, -0.2) is 4.98 Å². The number of aryl methyl sites for hydroxylation is 1. The van der Waals surface area contributed by atoms with Crippen molar-refractivity contribution in [3.8, 4) is 0 Å². The van der Waals surface area contributed by atoms with Crippen molar-refractivity contribution in [2.75, 3.05) is 31.6 Å². The summed E-state index contributed by atoms with van der Waals surface area (Å²) in [6.45, 7) is 3.41. The third-order valence-electron chi connectivity index (χ3n) is 3.55. The highest BCUT2D eigenvalue weighted by atomic mass is 15.1. The molecule has 0 bridgehead atoms. The van der Waals surface area contributed by atoms with Crippen LogP contribution in [0.5, 0.6) is 0 Å². The number of aromatic nitrogens is 2. The fourth-order valence-corrected chi connectivity index (χ4v) is 2.33. The summed E-state index contributed by atoms with van der Waals surface area (Å²) in [6, 6.07) is 6.49. The standard InChI is InChI=1S/C13H18N4/c1-16(8-10-6-14-7-10)11-3-4-13-12(5-11)15-9-17(13)2/h3-5,9-10,14H,6-8H2,1-2H3. The van der Waals surface area contributed by atoms with Gasteiger partial charge in [0.25, 0.3) is 0 Å². The summed E-state index contributed by atoms with van der Waals surface area (Å²) < 4.78 is 2.05. The minimum absolute atomic E-state index is 0.791. The van der Waals surface area contributed by atoms with Gasteiger partial charge in [-0.15, -0.1) is 0 Å². The average molecular weight is 230 g/mol. The lowest BCUT2D eigenvalue weighted by Crippen LogP contribution is -2.47. The molecule has 1 fully saturated rings. The van der Waals surface area contributed by atoms with Crippen LogP contribution in [0.25, 0.3) is 11.0 Å². The van der Waals surface area contributed by atoms with Crippen molar-refractivity contribution in [2.24, 2.45) is 13.0 Å². The number of benzene rings is 1. The predicted octanol–water partition coefficient (Wildman–Crippen LogP) is 1.23. The molecule has 2 heterocycles. The maximum absolute atomic E-state index is 4.40. The van der Waals surface area contributed by atoms with Crippen LogP contribution in [0.15, 0.2) is 24.5 Å². The molecule has 0 radical (unpaired) electrons. The van der Waals surface area contributed by atoms with Crippen molar-refractivity contribution in [3.63, 3.8) is 0 Å². The van der Waals surface area contributed by atoms with Crippen molar-refractivity contribution in [3.05, 3.63) is 24.5 Å². The highest BCUT2D eigenvalue weighted by molar-refractivity contribution is 5.79. The van der Waals surface area contributed by atoms with E-state index in [0.717, 1.165) is 31.1 Å². The highest BCUT2D eigenvalue weighted by Crippen LogP contribution is 2.21. The summed E-state index contributed by atoms with van der Waals surface area (Å²) in [5.74, 6) is 0.791. The molecule has 0 unspecified atom stereocenters. The first-order valence-electron chi connectivity index (χ1n) is 6.07. The Morgan fingerprint density at radius 1 is 1.47 bits per heavy atom. The van der Waals surface area contributed by atoms with Crippen molar-refractivity contribution in [1.29, 1.82) is 0 Å². The van der Waals surface area contributed by atoms with Crippen LogP contribution in [0.2, 0.25) is 0 Å². The van der Waals surface area contributed by atoms with Gasteiger partial charge in [-0.1, -0.05) is 0 Å². The van der Waals surface area contributed by atoms with E-state index in [4.69, 9.17) is 0 Å². The smallest absolute Gasteiger partial charge is 0.0955 e. The Morgan fingerprint density at radius 3 is 3.00 bits per heavy atom. The Balaban J connectivity index is 1.83. The summed E-state index contributed by atoms with van der Waals surface area (Å²) in [5.41, 5.74) is 3.51. The Morgan fingerprint density at radius 2 is 2.29 bits per heavy atom. The molecule has 0 amide bonds. The van der Waals surface area contributed by atoms with Crippen LogP contribution in [0, 0.1) is 5.92 Å². The molecule has 1 aromatic heterocycles. The van der Waals surface area contributed by atoms with E-state index in [-0.39, 0.29) is 0 Å². The number of nitrogens with one attached hydrogen (secondary N) is 1. The number of anilines is 1. The van der Waals surface area contributed by atoms with Crippen LogP contribution in [-0.2, 0) is 7.05 Å². The van der Waals surface area contributed by atoms with E-state index < -0.39 is 0 Å². The summed E-state index contributed by atoms with van der Waals surface area (Å²) in [5, 5.41) is 3.31. The van der Waals surface area contributed by atoms with Crippen LogP contribution in [0.4, 0.5) is 5.69 Å². The molecule has 4 heteroatoms. The van der Waals surface area contributed by atoms with Gasteiger partial charge in [0.05, 0.1) is 17.4 Å². The van der Waals surface area contributed by atoms with Gasteiger partial charge in [0, 0.05) is 45.3 Å². The average Bonchev–Trinajstić information content (AvgIpc) is 2.65. The van der Waals surface area contributed by atoms with Gasteiger partial charge in [-0.2, -0.15) is 0 Å². The van der Waals surface area contributed by atoms with Crippen molar-refractivity contribution >= 4 is 16.7 Å². The zero-order valence-electron chi connectivity index (χ0n) is 10.3. The van der Waals surface area contributed by atoms with Gasteiger partial charge < -0.3 is 14.8 Å². The lowest BCUT2D eigenvalue weighted by Gasteiger charge is -2.32. The van der Waals surface area contributed by atoms with E-state index >= 15 is 0 Å². The van der Waals surface area contributed by atoms with Gasteiger partial charge in [-0.3, -0.25) is 0 Å². The van der Waals surface area contributed by atoms with Gasteiger partial charge >= 0.3 is 0 Å². The van der Waals surface area contributed by atoms with Crippen LogP contribution in [-0.4, -0.2) is 36.2 Å². The van der Waals surface area contributed by atoms with E-state index in [1.807, 2.05) is 13.4 Å². The van der Waals surface area contributed by atoms with Crippen LogP contribution < -0.4 is 10.2 Å². The largest absolute Gasteiger partial charge is 0.374 e. The second kappa shape index (κ2) is 4.04. The maximum atomic E-state index is 4.40. The molecule has 4 nitrogen and oxygen atoms in total. The third kappa shape index (κ3) is 1.89. The first kappa shape index (κ1) is 10.6. The number of hydrogen-bond acceptors (Lipinski definition) is 3. The molecule has 17 heavy (non-hydrogen) atoms. The third-order valence-corrected chi connectivity index (χ3v) is 3.55. The van der Waals surface area contributed by atoms with E-state index in [0.29, 0.717) is 0 Å². The zero-order valence-corrected chi connectivity index (χ0v) is 10.3. The van der Waals surface area contributed by atoms with Gasteiger partial charge in [0.15, 0.2) is 0 Å². The molecule has 1 N–H and O–H groups in total. The normalized spacial score (nSPS) is 16.1. The Labute approximate surface area is 101 Å². The summed E-state index contributed by atoms with van der Waals surface area (Å²) in [7, 11) is 4.18. The van der Waals surface area contributed by atoms with Crippen LogP contribution in [0.3, 0.4) is 0 Å². The van der Waals surface area contributed by atoms with E-state index in [2.05, 4.69) is 45.0 Å². The molecule has 0 aliphatic carbocycles. The fourth-order valence-electron chi connectivity index (χ4n) is 2.33. The molecular formula is C13H18N4. The molecule has 1 aromatic carbocycles. The van der Waals surface area contributed by atoms with Crippen LogP contribution >= 0.6 is 0 Å². The maximum Gasteiger partial charge on any atom is 0.0955 e. The molecule has 0 saturated carbocycles. The Hall–Kier alpha value is -1.55. The number of nitrogens with zero attached hydrogens (tertiary/aromatic N) is 3. The molecule has 0 atom stereocenters. The second-order valence-electron chi connectivity index (χ2n) is 4.93. The molecule has 1 saturated heterocycles. The Kier molecular flexibility index (Phi) is 2.52. The number of imidazole rings is 1. The van der Waals surface area contributed by atoms with Gasteiger partial charge in [0.2, 0.25) is 0 Å². The van der Waals surface area contributed by atoms with Crippen molar-refractivity contribution in [1.82, 2.24) is 14.9 Å². The number of rotatable bonds is 3. The van der Waals surface area contributed by atoms with Gasteiger partial charge in [0.1, 0.15) is 0 Å². The molecule has 2 aromatic rings. The fraction of sp³-hybridized carbons (Fsp3) is 0.462. The Bertz CT molecular complexity index is 527. The summed E-state index contributed by atoms with van der Waals surface area (Å²) in [6.07, 6.45) is 1.87. The zero-order chi connectivity index (χ0) is 11.8. The minimum Gasteiger partial charge on any atom is -0.374 e. The number of fused-ring (bicyclic) bond motifs is 1. The quantitative estimate of drug-likeness (QED) is 0.861. The SMILES string of the molecule is CN(CC1CNC1)c1ccc2c(c1)ncn2C. The van der Waals surface area contributed by atoms with E-state index in [1.165, 1.54) is 11.2 Å². The van der Waals surface area contributed by atoms with Gasteiger partial charge in [-0.05, 0) is 18.2 Å². The molecule has 3 rings (SSSR count). The molecule has 1 aliphatic heterocycles. The first-order valence-corrected chi connectivity index (χ1v) is 6.07. The molecular weight excluding hydrogens is 212 g/mol. The second-order valence-corrected chi connectivity index (χ2v) is 4.93. The number of hydrogen-bond donors (Lipinski definition) is 1. The summed E-state index contributed by atoms with van der Waals surface area (Å²) >= 11 is 0. The lowest BCUT2D eigenvalue weighted by molar-refractivity contribution is 0.353.